The fourth-order valence-electron chi connectivity index (χ4n) is 4.29. The molecule has 1 aliphatic carbocycles. The second-order valence-corrected chi connectivity index (χ2v) is 12.2. The summed E-state index contributed by atoms with van der Waals surface area (Å²) in [6, 6.07) is 10.5. The average molecular weight is 533 g/mol. The Bertz CT molecular complexity index is 1340. The number of rotatable bonds is 9. The number of thiazole rings is 1. The highest BCUT2D eigenvalue weighted by molar-refractivity contribution is 7.89. The van der Waals surface area contributed by atoms with Crippen molar-refractivity contribution in [3.63, 3.8) is 0 Å². The molecule has 0 unspecified atom stereocenters. The van der Waals surface area contributed by atoms with E-state index in [1.54, 1.807) is 30.1 Å². The van der Waals surface area contributed by atoms with Crippen LogP contribution in [0.1, 0.15) is 29.6 Å². The van der Waals surface area contributed by atoms with Crippen molar-refractivity contribution in [1.82, 2.24) is 14.2 Å². The van der Waals surface area contributed by atoms with E-state index < -0.39 is 10.0 Å². The predicted molar refractivity (Wildman–Crippen MR) is 138 cm³/mol. The van der Waals surface area contributed by atoms with Crippen LogP contribution < -0.4 is 4.90 Å². The second-order valence-electron chi connectivity index (χ2n) is 9.15. The zero-order valence-electron chi connectivity index (χ0n) is 20.1. The Hall–Kier alpha value is -2.44. The Kier molecular flexibility index (Phi) is 7.36. The van der Waals surface area contributed by atoms with E-state index in [0.29, 0.717) is 40.7 Å². The molecule has 1 saturated heterocycles. The molecule has 192 valence electrons. The van der Waals surface area contributed by atoms with Gasteiger partial charge in [-0.1, -0.05) is 11.3 Å². The molecule has 0 bridgehead atoms. The minimum Gasteiger partial charge on any atom is -0.379 e. The average Bonchev–Trinajstić information content (AvgIpc) is 3.65. The number of anilines is 1. The number of halogens is 1. The molecule has 0 radical (unpaired) electrons. The van der Waals surface area contributed by atoms with E-state index in [0.717, 1.165) is 38.9 Å². The molecule has 1 saturated carbocycles. The summed E-state index contributed by atoms with van der Waals surface area (Å²) in [5.41, 5.74) is 1.01. The fraction of sp³-hybridized carbons (Fsp3) is 0.440. The number of carbonyl (C=O) groups is 1. The van der Waals surface area contributed by atoms with Gasteiger partial charge in [0.2, 0.25) is 10.0 Å². The van der Waals surface area contributed by atoms with Crippen LogP contribution in [0.15, 0.2) is 47.4 Å². The first kappa shape index (κ1) is 25.2. The SMILES string of the molecule is CN(C1CC1)S(=O)(=O)c1ccc(C(=O)N(CCCN2CCOCC2)c2nc3ccc(F)cc3s2)cc1. The van der Waals surface area contributed by atoms with E-state index in [-0.39, 0.29) is 22.7 Å². The van der Waals surface area contributed by atoms with Crippen molar-refractivity contribution in [3.8, 4) is 0 Å². The zero-order valence-corrected chi connectivity index (χ0v) is 21.7. The fourth-order valence-corrected chi connectivity index (χ4v) is 6.72. The molecule has 3 aromatic rings. The third kappa shape index (κ3) is 5.45. The van der Waals surface area contributed by atoms with E-state index in [9.17, 15) is 17.6 Å². The Morgan fingerprint density at radius 2 is 1.89 bits per heavy atom. The molecule has 0 N–H and O–H groups in total. The second kappa shape index (κ2) is 10.5. The number of sulfonamides is 1. The van der Waals surface area contributed by atoms with Crippen LogP contribution in [-0.4, -0.2) is 81.0 Å². The maximum absolute atomic E-state index is 13.8. The van der Waals surface area contributed by atoms with E-state index in [1.807, 2.05) is 0 Å². The number of ether oxygens (including phenoxy) is 1. The first-order valence-electron chi connectivity index (χ1n) is 12.1. The Morgan fingerprint density at radius 3 is 2.58 bits per heavy atom. The van der Waals surface area contributed by atoms with E-state index in [4.69, 9.17) is 4.74 Å². The smallest absolute Gasteiger partial charge is 0.260 e. The number of amides is 1. The molecule has 1 aliphatic heterocycles. The predicted octanol–water partition coefficient (Wildman–Crippen LogP) is 3.59. The highest BCUT2D eigenvalue weighted by Crippen LogP contribution is 2.32. The van der Waals surface area contributed by atoms with Crippen molar-refractivity contribution in [2.45, 2.75) is 30.2 Å². The molecule has 2 aromatic carbocycles. The highest BCUT2D eigenvalue weighted by atomic mass is 32.2. The van der Waals surface area contributed by atoms with Crippen LogP contribution in [0.2, 0.25) is 0 Å². The van der Waals surface area contributed by atoms with Crippen molar-refractivity contribution in [2.75, 3.05) is 51.3 Å². The Labute approximate surface area is 214 Å². The molecular weight excluding hydrogens is 503 g/mol. The van der Waals surface area contributed by atoms with Crippen molar-refractivity contribution in [2.24, 2.45) is 0 Å². The lowest BCUT2D eigenvalue weighted by atomic mass is 10.2. The summed E-state index contributed by atoms with van der Waals surface area (Å²) in [7, 11) is -2.00. The zero-order chi connectivity index (χ0) is 25.3. The van der Waals surface area contributed by atoms with Crippen molar-refractivity contribution in [1.29, 1.82) is 0 Å². The van der Waals surface area contributed by atoms with E-state index in [2.05, 4.69) is 9.88 Å². The van der Waals surface area contributed by atoms with Gasteiger partial charge in [-0.25, -0.2) is 17.8 Å². The quantitative estimate of drug-likeness (QED) is 0.419. The molecular formula is C25H29FN4O4S2. The molecule has 2 aliphatic rings. The number of benzene rings is 2. The van der Waals surface area contributed by atoms with Gasteiger partial charge in [0.05, 0.1) is 28.3 Å². The van der Waals surface area contributed by atoms with Gasteiger partial charge in [0, 0.05) is 44.8 Å². The van der Waals surface area contributed by atoms with Crippen molar-refractivity contribution >= 4 is 42.6 Å². The van der Waals surface area contributed by atoms with Gasteiger partial charge in [-0.2, -0.15) is 4.31 Å². The number of nitrogens with zero attached hydrogens (tertiary/aromatic N) is 4. The largest absolute Gasteiger partial charge is 0.379 e. The van der Waals surface area contributed by atoms with Crippen LogP contribution in [0.3, 0.4) is 0 Å². The van der Waals surface area contributed by atoms with E-state index in [1.165, 1.54) is 39.9 Å². The van der Waals surface area contributed by atoms with Crippen LogP contribution in [0.25, 0.3) is 10.2 Å². The monoisotopic (exact) mass is 532 g/mol. The molecule has 11 heteroatoms. The maximum atomic E-state index is 13.8. The lowest BCUT2D eigenvalue weighted by molar-refractivity contribution is 0.0376. The molecule has 2 heterocycles. The number of morpholine rings is 1. The molecule has 0 spiro atoms. The van der Waals surface area contributed by atoms with Crippen LogP contribution in [0, 0.1) is 5.82 Å². The van der Waals surface area contributed by atoms with Gasteiger partial charge in [0.15, 0.2) is 5.13 Å². The van der Waals surface area contributed by atoms with Gasteiger partial charge in [-0.15, -0.1) is 0 Å². The Morgan fingerprint density at radius 1 is 1.17 bits per heavy atom. The van der Waals surface area contributed by atoms with Gasteiger partial charge in [-0.3, -0.25) is 14.6 Å². The van der Waals surface area contributed by atoms with Gasteiger partial charge >= 0.3 is 0 Å². The van der Waals surface area contributed by atoms with Gasteiger partial charge in [-0.05, 0) is 61.7 Å². The summed E-state index contributed by atoms with van der Waals surface area (Å²) in [4.78, 5) is 22.3. The molecule has 0 atom stereocenters. The summed E-state index contributed by atoms with van der Waals surface area (Å²) in [5.74, 6) is -0.619. The summed E-state index contributed by atoms with van der Waals surface area (Å²) in [6.07, 6.45) is 2.48. The first-order chi connectivity index (χ1) is 17.3. The third-order valence-electron chi connectivity index (χ3n) is 6.61. The van der Waals surface area contributed by atoms with Crippen molar-refractivity contribution in [3.05, 3.63) is 53.8 Å². The molecule has 1 amide bonds. The number of carbonyl (C=O) groups excluding carboxylic acids is 1. The molecule has 5 rings (SSSR count). The number of fused-ring (bicyclic) bond motifs is 1. The van der Waals surface area contributed by atoms with Crippen LogP contribution >= 0.6 is 11.3 Å². The molecule has 36 heavy (non-hydrogen) atoms. The topological polar surface area (TPSA) is 83.1 Å². The van der Waals surface area contributed by atoms with Gasteiger partial charge in [0.1, 0.15) is 5.82 Å². The lowest BCUT2D eigenvalue weighted by Crippen LogP contribution is -2.39. The first-order valence-corrected chi connectivity index (χ1v) is 14.3. The Balaban J connectivity index is 1.37. The summed E-state index contributed by atoms with van der Waals surface area (Å²) < 4.78 is 46.9. The standard InChI is InChI=1S/C25H29FN4O4S2/c1-28(20-6-7-20)36(32,33)21-8-3-18(4-9-21)24(31)30(12-2-11-29-13-15-34-16-14-29)25-27-22-10-5-19(26)17-23(22)35-25/h3-5,8-10,17,20H,2,6-7,11-16H2,1H3. The normalized spacial score (nSPS) is 17.1. The molecule has 8 nitrogen and oxygen atoms in total. The lowest BCUT2D eigenvalue weighted by Gasteiger charge is -2.27. The highest BCUT2D eigenvalue weighted by Gasteiger charge is 2.35. The summed E-state index contributed by atoms with van der Waals surface area (Å²) in [6.45, 7) is 4.38. The number of hydrogen-bond donors (Lipinski definition) is 0. The number of hydrogen-bond acceptors (Lipinski definition) is 7. The molecule has 2 fully saturated rings. The summed E-state index contributed by atoms with van der Waals surface area (Å²) >= 11 is 1.27. The van der Waals surface area contributed by atoms with Gasteiger partial charge < -0.3 is 4.74 Å². The third-order valence-corrected chi connectivity index (χ3v) is 9.58. The van der Waals surface area contributed by atoms with Crippen molar-refractivity contribution < 1.29 is 22.3 Å². The number of aromatic nitrogens is 1. The minimum absolute atomic E-state index is 0.0575. The van der Waals surface area contributed by atoms with E-state index >= 15 is 0 Å². The maximum Gasteiger partial charge on any atom is 0.260 e. The van der Waals surface area contributed by atoms with Gasteiger partial charge in [0.25, 0.3) is 5.91 Å². The molecule has 1 aromatic heterocycles. The minimum atomic E-state index is -3.59. The van der Waals surface area contributed by atoms with Crippen LogP contribution in [-0.2, 0) is 14.8 Å². The summed E-state index contributed by atoms with van der Waals surface area (Å²) in [5, 5.41) is 0.493. The van der Waals surface area contributed by atoms with Crippen LogP contribution in [0.5, 0.6) is 0 Å². The van der Waals surface area contributed by atoms with Crippen LogP contribution in [0.4, 0.5) is 9.52 Å².